The molecule has 0 saturated carbocycles. The fourth-order valence-corrected chi connectivity index (χ4v) is 2.53. The van der Waals surface area contributed by atoms with Crippen LogP contribution in [0, 0.1) is 0 Å². The van der Waals surface area contributed by atoms with Gasteiger partial charge in [-0.1, -0.05) is 13.8 Å². The van der Waals surface area contributed by atoms with Gasteiger partial charge in [-0.15, -0.1) is 0 Å². The molecular formula is C13H31N3O4S. The van der Waals surface area contributed by atoms with E-state index in [1.165, 1.54) is 4.31 Å². The minimum Gasteiger partial charge on any atom is -0.382 e. The lowest BCUT2D eigenvalue weighted by Gasteiger charge is -2.18. The van der Waals surface area contributed by atoms with Crippen LogP contribution in [0.25, 0.3) is 0 Å². The number of hydrogen-bond donors (Lipinski definition) is 2. The molecule has 0 unspecified atom stereocenters. The third-order valence-electron chi connectivity index (χ3n) is 2.79. The van der Waals surface area contributed by atoms with Crippen LogP contribution in [0.5, 0.6) is 0 Å². The molecular weight excluding hydrogens is 294 g/mol. The summed E-state index contributed by atoms with van der Waals surface area (Å²) in [5, 5.41) is 3.26. The van der Waals surface area contributed by atoms with Crippen molar-refractivity contribution in [2.45, 2.75) is 32.7 Å². The molecule has 0 aromatic heterocycles. The van der Waals surface area contributed by atoms with E-state index >= 15 is 0 Å². The predicted molar refractivity (Wildman–Crippen MR) is 84.6 cm³/mol. The Labute approximate surface area is 129 Å². The summed E-state index contributed by atoms with van der Waals surface area (Å²) in [6.07, 6.45) is 1.43. The summed E-state index contributed by atoms with van der Waals surface area (Å²) in [7, 11) is -0.178. The second-order valence-corrected chi connectivity index (χ2v) is 7.00. The molecule has 0 saturated heterocycles. The molecule has 0 aliphatic heterocycles. The quantitative estimate of drug-likeness (QED) is 0.446. The molecule has 0 aliphatic rings. The minimum absolute atomic E-state index is 0.379. The second kappa shape index (κ2) is 12.3. The molecule has 0 spiro atoms. The molecule has 0 atom stereocenters. The monoisotopic (exact) mass is 325 g/mol. The first kappa shape index (κ1) is 20.8. The number of nitrogens with one attached hydrogen (secondary N) is 2. The first-order valence-corrected chi connectivity index (χ1v) is 8.85. The van der Waals surface area contributed by atoms with E-state index in [9.17, 15) is 8.42 Å². The Balaban J connectivity index is 3.70. The first-order chi connectivity index (χ1) is 9.90. The number of ether oxygens (including phenoxy) is 2. The van der Waals surface area contributed by atoms with Crippen LogP contribution in [-0.4, -0.2) is 72.4 Å². The molecule has 21 heavy (non-hydrogen) atoms. The highest BCUT2D eigenvalue weighted by atomic mass is 32.2. The van der Waals surface area contributed by atoms with Crippen molar-refractivity contribution < 1.29 is 17.9 Å². The first-order valence-electron chi connectivity index (χ1n) is 7.41. The zero-order chi connectivity index (χ0) is 16.1. The van der Waals surface area contributed by atoms with E-state index in [-0.39, 0.29) is 0 Å². The summed E-state index contributed by atoms with van der Waals surface area (Å²) in [6, 6.07) is 0.420. The predicted octanol–water partition coefficient (Wildman–Crippen LogP) is 0.194. The SMILES string of the molecule is COCCOCCCNS(=O)(=O)N(C)CCCNC(C)C. The Morgan fingerprint density at radius 3 is 2.43 bits per heavy atom. The smallest absolute Gasteiger partial charge is 0.279 e. The highest BCUT2D eigenvalue weighted by molar-refractivity contribution is 7.87. The van der Waals surface area contributed by atoms with Crippen molar-refractivity contribution in [1.82, 2.24) is 14.3 Å². The van der Waals surface area contributed by atoms with Crippen LogP contribution in [0.3, 0.4) is 0 Å². The Morgan fingerprint density at radius 2 is 1.81 bits per heavy atom. The van der Waals surface area contributed by atoms with E-state index in [0.717, 1.165) is 13.0 Å². The minimum atomic E-state index is -3.38. The van der Waals surface area contributed by atoms with Crippen molar-refractivity contribution in [3.05, 3.63) is 0 Å². The van der Waals surface area contributed by atoms with E-state index in [4.69, 9.17) is 9.47 Å². The maximum atomic E-state index is 11.9. The lowest BCUT2D eigenvalue weighted by atomic mass is 10.3. The van der Waals surface area contributed by atoms with Gasteiger partial charge >= 0.3 is 0 Å². The lowest BCUT2D eigenvalue weighted by Crippen LogP contribution is -2.40. The van der Waals surface area contributed by atoms with Crippen molar-refractivity contribution in [1.29, 1.82) is 0 Å². The van der Waals surface area contributed by atoms with Crippen molar-refractivity contribution in [2.24, 2.45) is 0 Å². The molecule has 0 aromatic carbocycles. The summed E-state index contributed by atoms with van der Waals surface area (Å²) in [5.74, 6) is 0. The highest BCUT2D eigenvalue weighted by Gasteiger charge is 2.15. The Kier molecular flexibility index (Phi) is 12.2. The topological polar surface area (TPSA) is 79.9 Å². The van der Waals surface area contributed by atoms with Crippen LogP contribution < -0.4 is 10.0 Å². The van der Waals surface area contributed by atoms with Crippen molar-refractivity contribution in [2.75, 3.05) is 53.6 Å². The van der Waals surface area contributed by atoms with E-state index < -0.39 is 10.2 Å². The summed E-state index contributed by atoms with van der Waals surface area (Å²) < 4.78 is 37.9. The molecule has 2 N–H and O–H groups in total. The van der Waals surface area contributed by atoms with Gasteiger partial charge in [-0.25, -0.2) is 4.72 Å². The summed E-state index contributed by atoms with van der Waals surface area (Å²) in [5.41, 5.74) is 0. The van der Waals surface area contributed by atoms with E-state index in [1.807, 2.05) is 0 Å². The fraction of sp³-hybridized carbons (Fsp3) is 1.00. The van der Waals surface area contributed by atoms with E-state index in [0.29, 0.717) is 45.4 Å². The van der Waals surface area contributed by atoms with Crippen LogP contribution in [0.2, 0.25) is 0 Å². The number of rotatable bonds is 14. The molecule has 7 nitrogen and oxygen atoms in total. The van der Waals surface area contributed by atoms with E-state index in [1.54, 1.807) is 14.2 Å². The Hall–Kier alpha value is -0.250. The lowest BCUT2D eigenvalue weighted by molar-refractivity contribution is 0.0699. The van der Waals surface area contributed by atoms with Crippen LogP contribution in [0.15, 0.2) is 0 Å². The van der Waals surface area contributed by atoms with Crippen molar-refractivity contribution in [3.8, 4) is 0 Å². The molecule has 0 rings (SSSR count). The molecule has 0 heterocycles. The molecule has 0 aromatic rings. The Morgan fingerprint density at radius 1 is 1.10 bits per heavy atom. The molecule has 0 amide bonds. The van der Waals surface area contributed by atoms with Gasteiger partial charge in [0.15, 0.2) is 0 Å². The van der Waals surface area contributed by atoms with Crippen LogP contribution >= 0.6 is 0 Å². The Bertz CT molecular complexity index is 336. The van der Waals surface area contributed by atoms with Crippen molar-refractivity contribution in [3.63, 3.8) is 0 Å². The third kappa shape index (κ3) is 12.0. The highest BCUT2D eigenvalue weighted by Crippen LogP contribution is 1.96. The van der Waals surface area contributed by atoms with Gasteiger partial charge in [-0.05, 0) is 19.4 Å². The molecule has 0 bridgehead atoms. The zero-order valence-electron chi connectivity index (χ0n) is 13.7. The maximum absolute atomic E-state index is 11.9. The van der Waals surface area contributed by atoms with Gasteiger partial charge in [0.1, 0.15) is 0 Å². The molecule has 0 aliphatic carbocycles. The zero-order valence-corrected chi connectivity index (χ0v) is 14.5. The van der Waals surface area contributed by atoms with Gasteiger partial charge in [0.2, 0.25) is 0 Å². The van der Waals surface area contributed by atoms with Gasteiger partial charge in [0.25, 0.3) is 10.2 Å². The van der Waals surface area contributed by atoms with Crippen molar-refractivity contribution >= 4 is 10.2 Å². The van der Waals surface area contributed by atoms with Gasteiger partial charge in [-0.2, -0.15) is 12.7 Å². The average molecular weight is 325 g/mol. The normalized spacial score (nSPS) is 12.5. The maximum Gasteiger partial charge on any atom is 0.279 e. The van der Waals surface area contributed by atoms with Crippen LogP contribution in [0.4, 0.5) is 0 Å². The molecule has 0 radical (unpaired) electrons. The fourth-order valence-electron chi connectivity index (χ4n) is 1.54. The van der Waals surface area contributed by atoms with Gasteiger partial charge in [0.05, 0.1) is 13.2 Å². The van der Waals surface area contributed by atoms with Gasteiger partial charge in [0, 0.05) is 39.9 Å². The second-order valence-electron chi connectivity index (χ2n) is 5.14. The van der Waals surface area contributed by atoms with Gasteiger partial charge < -0.3 is 14.8 Å². The molecule has 8 heteroatoms. The van der Waals surface area contributed by atoms with Crippen LogP contribution in [-0.2, 0) is 19.7 Å². The van der Waals surface area contributed by atoms with Crippen LogP contribution in [0.1, 0.15) is 26.7 Å². The number of nitrogens with zero attached hydrogens (tertiary/aromatic N) is 1. The van der Waals surface area contributed by atoms with E-state index in [2.05, 4.69) is 23.9 Å². The summed E-state index contributed by atoms with van der Waals surface area (Å²) in [6.45, 7) is 7.43. The number of methoxy groups -OCH3 is 1. The molecule has 0 fully saturated rings. The molecule has 128 valence electrons. The summed E-state index contributed by atoms with van der Waals surface area (Å²) >= 11 is 0. The average Bonchev–Trinajstić information content (AvgIpc) is 2.42. The number of hydrogen-bond acceptors (Lipinski definition) is 5. The van der Waals surface area contributed by atoms with Gasteiger partial charge in [-0.3, -0.25) is 0 Å². The largest absolute Gasteiger partial charge is 0.382 e. The third-order valence-corrected chi connectivity index (χ3v) is 4.37. The standard InChI is InChI=1S/C13H31N3O4S/c1-13(2)14-7-5-9-16(3)21(17,18)15-8-6-10-20-12-11-19-4/h13-15H,5-12H2,1-4H3. The summed E-state index contributed by atoms with van der Waals surface area (Å²) in [4.78, 5) is 0.